The molecular formula is C13H9F2NOS2. The number of thiocarbonyl (C=S) groups is 1. The Hall–Kier alpha value is -1.53. The van der Waals surface area contributed by atoms with Crippen molar-refractivity contribution in [3.63, 3.8) is 0 Å². The average Bonchev–Trinajstić information content (AvgIpc) is 2.61. The van der Waals surface area contributed by atoms with Crippen LogP contribution in [-0.2, 0) is 4.79 Å². The van der Waals surface area contributed by atoms with Crippen molar-refractivity contribution >= 4 is 40.3 Å². The number of benzene rings is 1. The van der Waals surface area contributed by atoms with Gasteiger partial charge in [-0.1, -0.05) is 30.1 Å². The first-order chi connectivity index (χ1) is 9.02. The van der Waals surface area contributed by atoms with Crippen LogP contribution < -0.4 is 0 Å². The fraction of sp³-hybridized carbons (Fsp3) is 0.0769. The largest absolute Gasteiger partial charge is 0.289 e. The van der Waals surface area contributed by atoms with Crippen molar-refractivity contribution in [3.8, 4) is 0 Å². The number of hydrogen-bond donors (Lipinski definition) is 0. The van der Waals surface area contributed by atoms with Gasteiger partial charge in [-0.05, 0) is 18.2 Å². The Kier molecular flexibility index (Phi) is 4.11. The molecule has 1 heterocycles. The van der Waals surface area contributed by atoms with Gasteiger partial charge in [0.25, 0.3) is 5.91 Å². The molecule has 1 aliphatic heterocycles. The number of carbonyl (C=O) groups is 1. The Labute approximate surface area is 118 Å². The van der Waals surface area contributed by atoms with Crippen LogP contribution in [0.2, 0.25) is 0 Å². The van der Waals surface area contributed by atoms with E-state index in [0.717, 1.165) is 23.9 Å². The second-order valence-electron chi connectivity index (χ2n) is 3.75. The average molecular weight is 297 g/mol. The van der Waals surface area contributed by atoms with E-state index in [-0.39, 0.29) is 11.5 Å². The molecular weight excluding hydrogens is 288 g/mol. The van der Waals surface area contributed by atoms with Gasteiger partial charge in [-0.25, -0.2) is 8.78 Å². The van der Waals surface area contributed by atoms with Gasteiger partial charge in [0.05, 0.1) is 4.91 Å². The van der Waals surface area contributed by atoms with E-state index in [2.05, 4.69) is 6.58 Å². The first-order valence-electron chi connectivity index (χ1n) is 5.34. The summed E-state index contributed by atoms with van der Waals surface area (Å²) < 4.78 is 26.7. The predicted octanol–water partition coefficient (Wildman–Crippen LogP) is 3.35. The van der Waals surface area contributed by atoms with Crippen LogP contribution in [-0.4, -0.2) is 21.7 Å². The summed E-state index contributed by atoms with van der Waals surface area (Å²) in [4.78, 5) is 13.7. The lowest BCUT2D eigenvalue weighted by atomic mass is 10.2. The number of thioether (sulfide) groups is 1. The van der Waals surface area contributed by atoms with Crippen molar-refractivity contribution in [1.29, 1.82) is 0 Å². The molecule has 98 valence electrons. The van der Waals surface area contributed by atoms with E-state index in [4.69, 9.17) is 12.2 Å². The maximum Gasteiger partial charge on any atom is 0.266 e. The summed E-state index contributed by atoms with van der Waals surface area (Å²) in [6.07, 6.45) is 2.93. The van der Waals surface area contributed by atoms with Gasteiger partial charge >= 0.3 is 0 Å². The molecule has 0 saturated carbocycles. The molecule has 0 aliphatic carbocycles. The molecule has 1 aromatic carbocycles. The van der Waals surface area contributed by atoms with Crippen LogP contribution in [0.3, 0.4) is 0 Å². The smallest absolute Gasteiger partial charge is 0.266 e. The van der Waals surface area contributed by atoms with Gasteiger partial charge in [-0.15, -0.1) is 6.58 Å². The highest BCUT2D eigenvalue weighted by atomic mass is 32.2. The van der Waals surface area contributed by atoms with Gasteiger partial charge in [0.1, 0.15) is 16.0 Å². The SMILES string of the molecule is C=CCN1C(=O)C(=Cc2ccc(F)cc2F)SC1=S. The van der Waals surface area contributed by atoms with Crippen LogP contribution in [0.25, 0.3) is 6.08 Å². The standard InChI is InChI=1S/C13H9F2NOS2/c1-2-5-16-12(17)11(19-13(16)18)6-8-3-4-9(14)7-10(8)15/h2-4,6-7H,1,5H2. The van der Waals surface area contributed by atoms with E-state index in [1.54, 1.807) is 6.08 Å². The van der Waals surface area contributed by atoms with Crippen molar-refractivity contribution in [3.05, 3.63) is 53.0 Å². The van der Waals surface area contributed by atoms with Crippen LogP contribution in [0.1, 0.15) is 5.56 Å². The molecule has 6 heteroatoms. The summed E-state index contributed by atoms with van der Waals surface area (Å²) in [5.74, 6) is -1.67. The third-order valence-corrected chi connectivity index (χ3v) is 3.81. The summed E-state index contributed by atoms with van der Waals surface area (Å²) in [6.45, 7) is 3.86. The zero-order valence-corrected chi connectivity index (χ0v) is 11.4. The van der Waals surface area contributed by atoms with Crippen molar-refractivity contribution in [1.82, 2.24) is 4.90 Å². The van der Waals surface area contributed by atoms with E-state index in [0.29, 0.717) is 15.8 Å². The zero-order chi connectivity index (χ0) is 14.0. The van der Waals surface area contributed by atoms with E-state index in [9.17, 15) is 13.6 Å². The van der Waals surface area contributed by atoms with Crippen molar-refractivity contribution in [2.24, 2.45) is 0 Å². The highest BCUT2D eigenvalue weighted by molar-refractivity contribution is 8.26. The molecule has 2 rings (SSSR count). The zero-order valence-electron chi connectivity index (χ0n) is 9.73. The predicted molar refractivity (Wildman–Crippen MR) is 76.4 cm³/mol. The number of amides is 1. The molecule has 0 unspecified atom stereocenters. The molecule has 0 N–H and O–H groups in total. The second-order valence-corrected chi connectivity index (χ2v) is 5.42. The quantitative estimate of drug-likeness (QED) is 0.485. The molecule has 0 atom stereocenters. The van der Waals surface area contributed by atoms with Crippen LogP contribution in [0, 0.1) is 11.6 Å². The minimum absolute atomic E-state index is 0.153. The molecule has 0 radical (unpaired) electrons. The van der Waals surface area contributed by atoms with Gasteiger partial charge in [0, 0.05) is 18.2 Å². The first-order valence-corrected chi connectivity index (χ1v) is 6.56. The third-order valence-electron chi connectivity index (χ3n) is 2.43. The van der Waals surface area contributed by atoms with E-state index >= 15 is 0 Å². The third kappa shape index (κ3) is 2.90. The minimum atomic E-state index is -0.714. The first kappa shape index (κ1) is 13.9. The Morgan fingerprint density at radius 1 is 1.42 bits per heavy atom. The highest BCUT2D eigenvalue weighted by Gasteiger charge is 2.31. The Morgan fingerprint density at radius 3 is 2.79 bits per heavy atom. The maximum absolute atomic E-state index is 13.5. The molecule has 1 amide bonds. The monoisotopic (exact) mass is 297 g/mol. The Bertz CT molecular complexity index is 598. The van der Waals surface area contributed by atoms with Gasteiger partial charge < -0.3 is 0 Å². The second kappa shape index (κ2) is 5.63. The Balaban J connectivity index is 2.32. The molecule has 2 nitrogen and oxygen atoms in total. The lowest BCUT2D eigenvalue weighted by Gasteiger charge is -2.10. The highest BCUT2D eigenvalue weighted by Crippen LogP contribution is 2.32. The number of carbonyl (C=O) groups excluding carboxylic acids is 1. The van der Waals surface area contributed by atoms with Crippen LogP contribution >= 0.6 is 24.0 Å². The summed E-state index contributed by atoms with van der Waals surface area (Å²) in [7, 11) is 0. The van der Waals surface area contributed by atoms with Crippen molar-refractivity contribution in [2.45, 2.75) is 0 Å². The summed E-state index contributed by atoms with van der Waals surface area (Å²) in [5.41, 5.74) is 0.153. The molecule has 1 saturated heterocycles. The van der Waals surface area contributed by atoms with Crippen LogP contribution in [0.5, 0.6) is 0 Å². The molecule has 0 bridgehead atoms. The number of rotatable bonds is 3. The summed E-state index contributed by atoms with van der Waals surface area (Å²) in [6, 6.07) is 3.19. The lowest BCUT2D eigenvalue weighted by Crippen LogP contribution is -2.27. The lowest BCUT2D eigenvalue weighted by molar-refractivity contribution is -0.121. The number of hydrogen-bond acceptors (Lipinski definition) is 3. The Morgan fingerprint density at radius 2 is 2.16 bits per heavy atom. The fourth-order valence-electron chi connectivity index (χ4n) is 1.55. The van der Waals surface area contributed by atoms with E-state index < -0.39 is 11.6 Å². The number of nitrogens with zero attached hydrogens (tertiary/aromatic N) is 1. The van der Waals surface area contributed by atoms with E-state index in [1.807, 2.05) is 0 Å². The summed E-state index contributed by atoms with van der Waals surface area (Å²) >= 11 is 6.15. The van der Waals surface area contributed by atoms with Gasteiger partial charge in [0.15, 0.2) is 0 Å². The van der Waals surface area contributed by atoms with Gasteiger partial charge in [0.2, 0.25) is 0 Å². The van der Waals surface area contributed by atoms with Gasteiger partial charge in [-0.2, -0.15) is 0 Å². The topological polar surface area (TPSA) is 20.3 Å². The van der Waals surface area contributed by atoms with Crippen LogP contribution in [0.15, 0.2) is 35.8 Å². The van der Waals surface area contributed by atoms with Gasteiger partial charge in [-0.3, -0.25) is 9.69 Å². The molecule has 19 heavy (non-hydrogen) atoms. The fourth-order valence-corrected chi connectivity index (χ4v) is 2.81. The summed E-state index contributed by atoms with van der Waals surface area (Å²) in [5, 5.41) is 0. The molecule has 0 aromatic heterocycles. The molecule has 0 spiro atoms. The normalized spacial score (nSPS) is 17.4. The molecule has 1 fully saturated rings. The number of halogens is 2. The van der Waals surface area contributed by atoms with Crippen molar-refractivity contribution < 1.29 is 13.6 Å². The molecule has 1 aromatic rings. The maximum atomic E-state index is 13.5. The van der Waals surface area contributed by atoms with Crippen LogP contribution in [0.4, 0.5) is 8.78 Å². The minimum Gasteiger partial charge on any atom is -0.289 e. The molecule has 1 aliphatic rings. The van der Waals surface area contributed by atoms with E-state index in [1.165, 1.54) is 17.0 Å². The van der Waals surface area contributed by atoms with Crippen molar-refractivity contribution in [2.75, 3.05) is 6.54 Å².